The van der Waals surface area contributed by atoms with Crippen LogP contribution >= 0.6 is 11.3 Å². The maximum atomic E-state index is 12.7. The maximum absolute atomic E-state index is 12.7. The first kappa shape index (κ1) is 18.9. The Morgan fingerprint density at radius 2 is 1.71 bits per heavy atom. The lowest BCUT2D eigenvalue weighted by Crippen LogP contribution is -2.14. The first-order valence-electron chi connectivity index (χ1n) is 7.95. The van der Waals surface area contributed by atoms with Crippen LogP contribution in [0.2, 0.25) is 0 Å². The van der Waals surface area contributed by atoms with Gasteiger partial charge in [0, 0.05) is 6.54 Å². The molecule has 0 amide bonds. The topological polar surface area (TPSA) is 72.0 Å². The summed E-state index contributed by atoms with van der Waals surface area (Å²) in [5.41, 5.74) is 4.10. The summed E-state index contributed by atoms with van der Waals surface area (Å²) >= 11 is 1.08. The summed E-state index contributed by atoms with van der Waals surface area (Å²) < 4.78 is 25.4. The summed E-state index contributed by atoms with van der Waals surface area (Å²) in [6.07, 6.45) is 0. The van der Waals surface area contributed by atoms with E-state index in [1.807, 2.05) is 20.8 Å². The van der Waals surface area contributed by atoms with E-state index in [1.54, 1.807) is 0 Å². The molecular formula is C17H25N3O2S2. The predicted molar refractivity (Wildman–Crippen MR) is 99.6 cm³/mol. The molecule has 0 aliphatic carbocycles. The highest BCUT2D eigenvalue weighted by molar-refractivity contribution is 7.92. The van der Waals surface area contributed by atoms with Crippen molar-refractivity contribution in [3.8, 4) is 0 Å². The van der Waals surface area contributed by atoms with Gasteiger partial charge in [-0.2, -0.15) is 0 Å². The fraction of sp³-hybridized carbons (Fsp3) is 0.529. The highest BCUT2D eigenvalue weighted by atomic mass is 32.2. The first-order valence-corrected chi connectivity index (χ1v) is 10.4. The molecule has 1 heterocycles. The molecule has 24 heavy (non-hydrogen) atoms. The van der Waals surface area contributed by atoms with E-state index in [0.717, 1.165) is 28.0 Å². The van der Waals surface area contributed by atoms with E-state index >= 15 is 0 Å². The van der Waals surface area contributed by atoms with Crippen molar-refractivity contribution in [3.05, 3.63) is 34.4 Å². The van der Waals surface area contributed by atoms with Gasteiger partial charge in [0.1, 0.15) is 0 Å². The van der Waals surface area contributed by atoms with Crippen LogP contribution in [0.1, 0.15) is 49.9 Å². The lowest BCUT2D eigenvalue weighted by Gasteiger charge is -2.22. The van der Waals surface area contributed by atoms with E-state index in [-0.39, 0.29) is 15.5 Å². The summed E-state index contributed by atoms with van der Waals surface area (Å²) in [6.45, 7) is 13.0. The first-order chi connectivity index (χ1) is 11.0. The average molecular weight is 368 g/mol. The molecule has 0 saturated carbocycles. The van der Waals surface area contributed by atoms with Gasteiger partial charge in [-0.05, 0) is 48.4 Å². The predicted octanol–water partition coefficient (Wildman–Crippen LogP) is 3.86. The van der Waals surface area contributed by atoms with Gasteiger partial charge < -0.3 is 5.32 Å². The Morgan fingerprint density at radius 3 is 2.21 bits per heavy atom. The number of benzene rings is 1. The molecule has 0 atom stereocenters. The van der Waals surface area contributed by atoms with Gasteiger partial charge in [-0.3, -0.25) is 0 Å². The highest BCUT2D eigenvalue weighted by Crippen LogP contribution is 2.30. The number of anilines is 1. The van der Waals surface area contributed by atoms with Crippen molar-refractivity contribution in [2.24, 2.45) is 0 Å². The Kier molecular flexibility index (Phi) is 5.34. The zero-order chi connectivity index (χ0) is 18.1. The number of nitrogens with zero attached hydrogens (tertiary/aromatic N) is 2. The van der Waals surface area contributed by atoms with E-state index in [9.17, 15) is 8.42 Å². The second-order valence-electron chi connectivity index (χ2n) is 7.00. The van der Waals surface area contributed by atoms with Crippen LogP contribution < -0.4 is 5.32 Å². The van der Waals surface area contributed by atoms with Gasteiger partial charge >= 0.3 is 0 Å². The van der Waals surface area contributed by atoms with Crippen LogP contribution in [0.5, 0.6) is 0 Å². The van der Waals surface area contributed by atoms with Crippen molar-refractivity contribution >= 4 is 26.3 Å². The zero-order valence-electron chi connectivity index (χ0n) is 15.1. The third-order valence-corrected chi connectivity index (χ3v) is 6.87. The smallest absolute Gasteiger partial charge is 0.234 e. The molecule has 1 aromatic carbocycles. The van der Waals surface area contributed by atoms with E-state index in [2.05, 4.69) is 48.4 Å². The Hall–Kier alpha value is -1.47. The zero-order valence-corrected chi connectivity index (χ0v) is 16.7. The Bertz CT molecular complexity index is 811. The molecule has 0 spiro atoms. The third-order valence-electron chi connectivity index (χ3n) is 3.90. The number of sulfone groups is 1. The van der Waals surface area contributed by atoms with Gasteiger partial charge in [0.2, 0.25) is 19.3 Å². The summed E-state index contributed by atoms with van der Waals surface area (Å²) in [6, 6.07) is 4.17. The quantitative estimate of drug-likeness (QED) is 0.869. The van der Waals surface area contributed by atoms with Crippen molar-refractivity contribution < 1.29 is 8.42 Å². The fourth-order valence-electron chi connectivity index (χ4n) is 2.46. The number of hydrogen-bond acceptors (Lipinski definition) is 6. The largest absolute Gasteiger partial charge is 0.360 e. The van der Waals surface area contributed by atoms with Crippen LogP contribution in [0.4, 0.5) is 5.13 Å². The molecule has 0 aliphatic heterocycles. The lowest BCUT2D eigenvalue weighted by atomic mass is 9.84. The molecule has 0 unspecified atom stereocenters. The molecule has 5 nitrogen and oxygen atoms in total. The minimum Gasteiger partial charge on any atom is -0.360 e. The fourth-order valence-corrected chi connectivity index (χ4v) is 5.05. The molecule has 2 aromatic rings. The Labute approximate surface area is 148 Å². The van der Waals surface area contributed by atoms with Crippen LogP contribution in [0.25, 0.3) is 0 Å². The van der Waals surface area contributed by atoms with E-state index in [1.165, 1.54) is 5.56 Å². The second-order valence-corrected chi connectivity index (χ2v) is 10.1. The van der Waals surface area contributed by atoms with E-state index in [0.29, 0.717) is 11.7 Å². The van der Waals surface area contributed by atoms with Crippen molar-refractivity contribution in [2.75, 3.05) is 11.9 Å². The SMILES string of the molecule is CCNc1nnc(S(=O)(=O)Cc2c(C)cc(C(C)(C)C)cc2C)s1. The summed E-state index contributed by atoms with van der Waals surface area (Å²) in [5.74, 6) is -0.0458. The Balaban J connectivity index is 2.35. The molecule has 7 heteroatoms. The second kappa shape index (κ2) is 6.80. The minimum atomic E-state index is -3.50. The van der Waals surface area contributed by atoms with Crippen LogP contribution in [-0.4, -0.2) is 25.2 Å². The molecule has 0 radical (unpaired) electrons. The molecule has 0 aliphatic rings. The van der Waals surface area contributed by atoms with Crippen molar-refractivity contribution in [1.29, 1.82) is 0 Å². The van der Waals surface area contributed by atoms with Crippen LogP contribution in [0.15, 0.2) is 16.5 Å². The molecule has 1 aromatic heterocycles. The normalized spacial score (nSPS) is 12.4. The van der Waals surface area contributed by atoms with E-state index in [4.69, 9.17) is 0 Å². The number of aromatic nitrogens is 2. The molecule has 132 valence electrons. The molecule has 2 rings (SSSR count). The van der Waals surface area contributed by atoms with Gasteiger partial charge in [-0.25, -0.2) is 8.42 Å². The molecule has 0 fully saturated rings. The van der Waals surface area contributed by atoms with Gasteiger partial charge in [-0.1, -0.05) is 44.2 Å². The molecule has 0 saturated heterocycles. The monoisotopic (exact) mass is 367 g/mol. The van der Waals surface area contributed by atoms with Crippen molar-refractivity contribution in [1.82, 2.24) is 10.2 Å². The molecule has 0 bridgehead atoms. The highest BCUT2D eigenvalue weighted by Gasteiger charge is 2.24. The number of aryl methyl sites for hydroxylation is 2. The van der Waals surface area contributed by atoms with Crippen molar-refractivity contribution in [2.45, 2.75) is 57.0 Å². The summed E-state index contributed by atoms with van der Waals surface area (Å²) in [5, 5.41) is 11.2. The van der Waals surface area contributed by atoms with Gasteiger partial charge in [0.15, 0.2) is 0 Å². The van der Waals surface area contributed by atoms with Crippen LogP contribution in [-0.2, 0) is 21.0 Å². The van der Waals surface area contributed by atoms with Crippen molar-refractivity contribution in [3.63, 3.8) is 0 Å². The minimum absolute atomic E-state index is 0.0346. The van der Waals surface area contributed by atoms with Crippen LogP contribution in [0, 0.1) is 13.8 Å². The summed E-state index contributed by atoms with van der Waals surface area (Å²) in [4.78, 5) is 0. The van der Waals surface area contributed by atoms with Crippen LogP contribution in [0.3, 0.4) is 0 Å². The molecular weight excluding hydrogens is 342 g/mol. The van der Waals surface area contributed by atoms with Gasteiger partial charge in [0.25, 0.3) is 0 Å². The van der Waals surface area contributed by atoms with E-state index < -0.39 is 9.84 Å². The number of nitrogens with one attached hydrogen (secondary N) is 1. The average Bonchev–Trinajstić information content (AvgIpc) is 2.91. The van der Waals surface area contributed by atoms with Gasteiger partial charge in [-0.15, -0.1) is 10.2 Å². The lowest BCUT2D eigenvalue weighted by molar-refractivity contribution is 0.588. The number of rotatable bonds is 5. The standard InChI is InChI=1S/C17H25N3O2S2/c1-7-18-15-19-20-16(23-15)24(21,22)10-14-11(2)8-13(9-12(14)3)17(4,5)6/h8-9H,7,10H2,1-6H3,(H,18,19). The maximum Gasteiger partial charge on any atom is 0.234 e. The third kappa shape index (κ3) is 4.13. The summed E-state index contributed by atoms with van der Waals surface area (Å²) in [7, 11) is -3.50. The molecule has 1 N–H and O–H groups in total. The number of hydrogen-bond donors (Lipinski definition) is 1. The Morgan fingerprint density at radius 1 is 1.12 bits per heavy atom. The van der Waals surface area contributed by atoms with Gasteiger partial charge in [0.05, 0.1) is 5.75 Å².